The van der Waals surface area contributed by atoms with E-state index in [-0.39, 0.29) is 39.4 Å². The summed E-state index contributed by atoms with van der Waals surface area (Å²) in [5, 5.41) is 30.4. The van der Waals surface area contributed by atoms with Gasteiger partial charge >= 0.3 is 5.97 Å². The molecule has 0 fully saturated rings. The summed E-state index contributed by atoms with van der Waals surface area (Å²) >= 11 is 5.46. The summed E-state index contributed by atoms with van der Waals surface area (Å²) < 4.78 is 5.70. The van der Waals surface area contributed by atoms with Crippen molar-refractivity contribution >= 4 is 104 Å². The molecule has 1 aromatic carbocycles. The van der Waals surface area contributed by atoms with E-state index < -0.39 is 37.0 Å². The third kappa shape index (κ3) is 6.24. The van der Waals surface area contributed by atoms with Gasteiger partial charge in [-0.05, 0) is 67.8 Å². The Bertz CT molecular complexity index is 760. The monoisotopic (exact) mass is 754 g/mol. The van der Waals surface area contributed by atoms with E-state index in [1.54, 1.807) is 22.6 Å². The van der Waals surface area contributed by atoms with Crippen molar-refractivity contribution in [2.75, 3.05) is 38.9 Å². The van der Waals surface area contributed by atoms with E-state index in [2.05, 4.69) is 5.32 Å². The Kier molecular flexibility index (Phi) is 12.6. The molecule has 0 aliphatic rings. The number of likely N-dealkylation sites (N-methyl/N-ethyl adjacent to an activating group) is 1. The number of carboxylic acid groups (broad SMARTS) is 1. The zero-order chi connectivity index (χ0) is 20.9. The van der Waals surface area contributed by atoms with E-state index in [9.17, 15) is 29.7 Å². The topological polar surface area (TPSA) is 136 Å². The third-order valence-electron chi connectivity index (χ3n) is 3.49. The fourth-order valence-electron chi connectivity index (χ4n) is 2.08. The number of carbonyl (C=O) groups is 3. The van der Waals surface area contributed by atoms with Crippen molar-refractivity contribution < 1.29 is 34.4 Å². The second kappa shape index (κ2) is 12.6. The Hall–Kier alpha value is -0.0100. The standard InChI is InChI=1S/C15H17I3N2O7.ClH/c1-20(7(23)5-27-2)13-11(17)8(14(24)19-6(3-21)4-22)10(16)9(12(13)18)15(25)26;/h6,21-22H,3-5H2,1-2H3,(H,19,24)(H,25,26);1H. The van der Waals surface area contributed by atoms with Crippen molar-refractivity contribution in [2.45, 2.75) is 6.04 Å². The average molecular weight is 754 g/mol. The lowest BCUT2D eigenvalue weighted by Gasteiger charge is -2.24. The van der Waals surface area contributed by atoms with E-state index in [0.29, 0.717) is 7.14 Å². The van der Waals surface area contributed by atoms with Gasteiger partial charge in [-0.2, -0.15) is 0 Å². The number of aromatic carboxylic acids is 1. The number of nitrogens with zero attached hydrogens (tertiary/aromatic N) is 1. The highest BCUT2D eigenvalue weighted by Crippen LogP contribution is 2.37. The zero-order valence-electron chi connectivity index (χ0n) is 14.7. The first-order valence-corrected chi connectivity index (χ1v) is 10.6. The predicted octanol–water partition coefficient (Wildman–Crippen LogP) is 1.31. The number of aliphatic hydroxyl groups is 2. The van der Waals surface area contributed by atoms with Crippen molar-refractivity contribution in [3.05, 3.63) is 21.8 Å². The minimum atomic E-state index is -1.25. The minimum absolute atomic E-state index is 0. The maximum absolute atomic E-state index is 12.7. The maximum Gasteiger partial charge on any atom is 0.337 e. The molecular formula is C15H18ClI3N2O7. The minimum Gasteiger partial charge on any atom is -0.478 e. The second-order valence-corrected chi connectivity index (χ2v) is 8.50. The lowest BCUT2D eigenvalue weighted by molar-refractivity contribution is -0.121. The van der Waals surface area contributed by atoms with Crippen LogP contribution in [0.25, 0.3) is 0 Å². The Balaban J connectivity index is 0.00000729. The number of halogens is 4. The van der Waals surface area contributed by atoms with E-state index in [0.717, 1.165) is 0 Å². The number of amides is 2. The first-order valence-electron chi connectivity index (χ1n) is 7.34. The van der Waals surface area contributed by atoms with Crippen LogP contribution >= 0.6 is 80.2 Å². The van der Waals surface area contributed by atoms with Gasteiger partial charge in [0, 0.05) is 17.7 Å². The SMILES string of the molecule is COCC(=O)N(C)c1c(I)c(C(=O)O)c(I)c(C(=O)NC(CO)CO)c1I.Cl. The number of anilines is 1. The van der Waals surface area contributed by atoms with Gasteiger partial charge in [-0.15, -0.1) is 12.4 Å². The molecule has 0 radical (unpaired) electrons. The normalized spacial score (nSPS) is 10.4. The number of benzene rings is 1. The highest BCUT2D eigenvalue weighted by molar-refractivity contribution is 14.1. The van der Waals surface area contributed by atoms with Crippen LogP contribution in [0.4, 0.5) is 5.69 Å². The molecule has 1 aromatic rings. The molecule has 1 rings (SSSR count). The Labute approximate surface area is 208 Å². The fraction of sp³-hybridized carbons (Fsp3) is 0.400. The van der Waals surface area contributed by atoms with Gasteiger partial charge < -0.3 is 30.3 Å². The van der Waals surface area contributed by atoms with Gasteiger partial charge in [0.25, 0.3) is 11.8 Å². The number of hydrogen-bond donors (Lipinski definition) is 4. The van der Waals surface area contributed by atoms with Crippen molar-refractivity contribution in [2.24, 2.45) is 0 Å². The summed E-state index contributed by atoms with van der Waals surface area (Å²) in [5.74, 6) is -2.32. The first kappa shape index (κ1) is 28.0. The molecule has 28 heavy (non-hydrogen) atoms. The van der Waals surface area contributed by atoms with Crippen molar-refractivity contribution in [3.63, 3.8) is 0 Å². The molecule has 4 N–H and O–H groups in total. The van der Waals surface area contributed by atoms with Crippen LogP contribution in [-0.4, -0.2) is 73.1 Å². The smallest absolute Gasteiger partial charge is 0.337 e. The molecule has 0 atom stereocenters. The maximum atomic E-state index is 12.7. The number of carboxylic acids is 1. The Morgan fingerprint density at radius 3 is 2.00 bits per heavy atom. The largest absolute Gasteiger partial charge is 0.478 e. The summed E-state index contributed by atoms with van der Waals surface area (Å²) in [4.78, 5) is 38.0. The van der Waals surface area contributed by atoms with Crippen molar-refractivity contribution in [3.8, 4) is 0 Å². The Morgan fingerprint density at radius 1 is 1.07 bits per heavy atom. The first-order chi connectivity index (χ1) is 12.6. The van der Waals surface area contributed by atoms with E-state index in [1.165, 1.54) is 19.1 Å². The highest BCUT2D eigenvalue weighted by atomic mass is 127. The van der Waals surface area contributed by atoms with Gasteiger partial charge in [0.2, 0.25) is 0 Å². The van der Waals surface area contributed by atoms with Gasteiger partial charge in [-0.25, -0.2) is 4.79 Å². The van der Waals surface area contributed by atoms with E-state index >= 15 is 0 Å². The third-order valence-corrected chi connectivity index (χ3v) is 6.67. The molecule has 0 aromatic heterocycles. The van der Waals surface area contributed by atoms with Gasteiger partial charge in [0.05, 0.1) is 43.2 Å². The molecule has 0 saturated carbocycles. The summed E-state index contributed by atoms with van der Waals surface area (Å²) in [7, 11) is 2.83. The van der Waals surface area contributed by atoms with Crippen LogP contribution in [-0.2, 0) is 9.53 Å². The lowest BCUT2D eigenvalue weighted by Crippen LogP contribution is -2.41. The molecule has 13 heteroatoms. The van der Waals surface area contributed by atoms with Crippen LogP contribution < -0.4 is 10.2 Å². The fourth-order valence-corrected chi connectivity index (χ4v) is 6.93. The number of rotatable bonds is 8. The van der Waals surface area contributed by atoms with Crippen LogP contribution in [0.3, 0.4) is 0 Å². The quantitative estimate of drug-likeness (QED) is 0.294. The summed E-state index contributed by atoms with van der Waals surface area (Å²) in [5.41, 5.74) is 0.206. The van der Waals surface area contributed by atoms with Crippen molar-refractivity contribution in [1.29, 1.82) is 0 Å². The molecule has 0 saturated heterocycles. The molecular weight excluding hydrogens is 736 g/mol. The average Bonchev–Trinajstić information content (AvgIpc) is 2.59. The summed E-state index contributed by atoms with van der Waals surface area (Å²) in [6, 6.07) is -0.895. The zero-order valence-corrected chi connectivity index (χ0v) is 22.0. The molecule has 0 spiro atoms. The van der Waals surface area contributed by atoms with Crippen LogP contribution in [0.5, 0.6) is 0 Å². The summed E-state index contributed by atoms with van der Waals surface area (Å²) in [6.45, 7) is -1.18. The van der Waals surface area contributed by atoms with E-state index in [1.807, 2.05) is 45.2 Å². The van der Waals surface area contributed by atoms with Crippen LogP contribution in [0.1, 0.15) is 20.7 Å². The number of nitrogens with one attached hydrogen (secondary N) is 1. The van der Waals surface area contributed by atoms with Gasteiger partial charge in [0.15, 0.2) is 0 Å². The van der Waals surface area contributed by atoms with Gasteiger partial charge in [0.1, 0.15) is 6.61 Å². The molecule has 0 bridgehead atoms. The second-order valence-electron chi connectivity index (χ2n) is 5.27. The number of aliphatic hydroxyl groups excluding tert-OH is 2. The van der Waals surface area contributed by atoms with Crippen molar-refractivity contribution in [1.82, 2.24) is 5.32 Å². The summed E-state index contributed by atoms with van der Waals surface area (Å²) in [6.07, 6.45) is 0. The molecule has 9 nitrogen and oxygen atoms in total. The number of ether oxygens (including phenoxy) is 1. The van der Waals surface area contributed by atoms with Gasteiger partial charge in [-0.1, -0.05) is 0 Å². The molecule has 0 aliphatic carbocycles. The number of methoxy groups -OCH3 is 1. The van der Waals surface area contributed by atoms with Gasteiger partial charge in [-0.3, -0.25) is 9.59 Å². The lowest BCUT2D eigenvalue weighted by atomic mass is 10.1. The highest BCUT2D eigenvalue weighted by Gasteiger charge is 2.31. The number of hydrogen-bond acceptors (Lipinski definition) is 6. The molecule has 2 amide bonds. The Morgan fingerprint density at radius 2 is 1.57 bits per heavy atom. The predicted molar refractivity (Wildman–Crippen MR) is 130 cm³/mol. The van der Waals surface area contributed by atoms with Crippen LogP contribution in [0, 0.1) is 10.7 Å². The van der Waals surface area contributed by atoms with Crippen LogP contribution in [0.2, 0.25) is 0 Å². The molecule has 158 valence electrons. The molecule has 0 aliphatic heterocycles. The molecule has 0 unspecified atom stereocenters. The van der Waals surface area contributed by atoms with E-state index in [4.69, 9.17) is 4.74 Å². The molecule has 0 heterocycles. The number of carbonyl (C=O) groups excluding carboxylic acids is 2. The van der Waals surface area contributed by atoms with Crippen LogP contribution in [0.15, 0.2) is 0 Å².